The largest absolute Gasteiger partial charge is 0.481 e. The van der Waals surface area contributed by atoms with Crippen molar-refractivity contribution in [2.45, 2.75) is 26.3 Å². The number of hydrogen-bond donors (Lipinski definition) is 1. The minimum atomic E-state index is -0.770. The normalized spacial score (nSPS) is 12.2. The topological polar surface area (TPSA) is 40.5 Å². The zero-order valence-electron chi connectivity index (χ0n) is 9.70. The quantitative estimate of drug-likeness (QED) is 0.924. The first-order valence-corrected chi connectivity index (χ1v) is 5.92. The number of anilines is 1. The Morgan fingerprint density at radius 2 is 2.19 bits per heavy atom. The Kier molecular flexibility index (Phi) is 4.35. The summed E-state index contributed by atoms with van der Waals surface area (Å²) in [6.07, 6.45) is 0.144. The fourth-order valence-corrected chi connectivity index (χ4v) is 1.74. The van der Waals surface area contributed by atoms with E-state index in [2.05, 4.69) is 15.9 Å². The van der Waals surface area contributed by atoms with Crippen molar-refractivity contribution in [3.05, 3.63) is 28.2 Å². The van der Waals surface area contributed by atoms with Crippen LogP contribution in [0.3, 0.4) is 0 Å². The molecule has 0 amide bonds. The van der Waals surface area contributed by atoms with Crippen LogP contribution in [0.1, 0.15) is 18.9 Å². The molecule has 0 aliphatic heterocycles. The SMILES string of the molecule is Cc1cc(N(C)C(C)CC(=O)O)ccc1Br. The molecule has 0 bridgehead atoms. The summed E-state index contributed by atoms with van der Waals surface area (Å²) in [6, 6.07) is 5.99. The number of hydrogen-bond acceptors (Lipinski definition) is 2. The van der Waals surface area contributed by atoms with Crippen molar-refractivity contribution in [1.29, 1.82) is 0 Å². The minimum absolute atomic E-state index is 0.0157. The number of benzene rings is 1. The van der Waals surface area contributed by atoms with E-state index in [4.69, 9.17) is 5.11 Å². The van der Waals surface area contributed by atoms with Crippen LogP contribution in [-0.2, 0) is 4.79 Å². The van der Waals surface area contributed by atoms with Crippen molar-refractivity contribution in [3.63, 3.8) is 0 Å². The van der Waals surface area contributed by atoms with Gasteiger partial charge in [0, 0.05) is 23.2 Å². The minimum Gasteiger partial charge on any atom is -0.481 e. The van der Waals surface area contributed by atoms with Gasteiger partial charge in [-0.2, -0.15) is 0 Å². The molecule has 88 valence electrons. The molecular weight excluding hydrogens is 270 g/mol. The zero-order valence-corrected chi connectivity index (χ0v) is 11.3. The molecule has 0 radical (unpaired) electrons. The fraction of sp³-hybridized carbons (Fsp3) is 0.417. The maximum absolute atomic E-state index is 10.6. The molecule has 1 N–H and O–H groups in total. The summed E-state index contributed by atoms with van der Waals surface area (Å²) in [6.45, 7) is 3.93. The second-order valence-electron chi connectivity index (χ2n) is 3.99. The van der Waals surface area contributed by atoms with Crippen molar-refractivity contribution in [3.8, 4) is 0 Å². The number of carboxylic acids is 1. The first kappa shape index (κ1) is 13.0. The first-order valence-electron chi connectivity index (χ1n) is 5.12. The lowest BCUT2D eigenvalue weighted by Gasteiger charge is -2.26. The van der Waals surface area contributed by atoms with E-state index < -0.39 is 5.97 Å². The summed E-state index contributed by atoms with van der Waals surface area (Å²) in [5, 5.41) is 8.74. The van der Waals surface area contributed by atoms with Gasteiger partial charge in [-0.05, 0) is 37.6 Å². The molecule has 0 saturated carbocycles. The third-order valence-corrected chi connectivity index (χ3v) is 3.57. The molecule has 1 aromatic carbocycles. The monoisotopic (exact) mass is 285 g/mol. The molecule has 0 saturated heterocycles. The van der Waals surface area contributed by atoms with Crippen LogP contribution in [0.15, 0.2) is 22.7 Å². The Morgan fingerprint density at radius 1 is 1.56 bits per heavy atom. The highest BCUT2D eigenvalue weighted by atomic mass is 79.9. The van der Waals surface area contributed by atoms with Crippen molar-refractivity contribution < 1.29 is 9.90 Å². The second-order valence-corrected chi connectivity index (χ2v) is 4.85. The Hall–Kier alpha value is -1.03. The number of aliphatic carboxylic acids is 1. The summed E-state index contributed by atoms with van der Waals surface area (Å²) < 4.78 is 1.07. The second kappa shape index (κ2) is 5.34. The number of aryl methyl sites for hydroxylation is 1. The highest BCUT2D eigenvalue weighted by Gasteiger charge is 2.13. The average Bonchev–Trinajstić information content (AvgIpc) is 2.20. The van der Waals surface area contributed by atoms with Crippen molar-refractivity contribution in [2.75, 3.05) is 11.9 Å². The van der Waals surface area contributed by atoms with Gasteiger partial charge in [0.2, 0.25) is 0 Å². The number of carbonyl (C=O) groups is 1. The highest BCUT2D eigenvalue weighted by molar-refractivity contribution is 9.10. The molecule has 0 spiro atoms. The molecule has 0 aliphatic rings. The van der Waals surface area contributed by atoms with Gasteiger partial charge in [0.25, 0.3) is 0 Å². The van der Waals surface area contributed by atoms with Gasteiger partial charge in [-0.15, -0.1) is 0 Å². The van der Waals surface area contributed by atoms with E-state index in [1.165, 1.54) is 0 Å². The van der Waals surface area contributed by atoms with E-state index in [-0.39, 0.29) is 12.5 Å². The lowest BCUT2D eigenvalue weighted by molar-refractivity contribution is -0.137. The standard InChI is InChI=1S/C12H16BrNO2/c1-8-6-10(4-5-11(8)13)14(3)9(2)7-12(15)16/h4-6,9H,7H2,1-3H3,(H,15,16). The summed E-state index contributed by atoms with van der Waals surface area (Å²) >= 11 is 3.44. The number of halogens is 1. The van der Waals surface area contributed by atoms with Gasteiger partial charge >= 0.3 is 5.97 Å². The van der Waals surface area contributed by atoms with E-state index in [1.807, 2.05) is 44.0 Å². The molecule has 1 atom stereocenters. The number of rotatable bonds is 4. The van der Waals surface area contributed by atoms with E-state index in [0.717, 1.165) is 15.7 Å². The first-order chi connectivity index (χ1) is 7.41. The predicted molar refractivity (Wildman–Crippen MR) is 69.0 cm³/mol. The lowest BCUT2D eigenvalue weighted by Crippen LogP contribution is -2.30. The third kappa shape index (κ3) is 3.23. The zero-order chi connectivity index (χ0) is 12.3. The van der Waals surface area contributed by atoms with Gasteiger partial charge in [0.1, 0.15) is 0 Å². The molecular formula is C12H16BrNO2. The summed E-state index contributed by atoms with van der Waals surface area (Å²) in [5.74, 6) is -0.770. The van der Waals surface area contributed by atoms with Gasteiger partial charge in [0.05, 0.1) is 6.42 Å². The lowest BCUT2D eigenvalue weighted by atomic mass is 10.1. The van der Waals surface area contributed by atoms with Crippen LogP contribution in [0.4, 0.5) is 5.69 Å². The Balaban J connectivity index is 2.83. The van der Waals surface area contributed by atoms with E-state index >= 15 is 0 Å². The number of carboxylic acid groups (broad SMARTS) is 1. The van der Waals surface area contributed by atoms with E-state index in [9.17, 15) is 4.79 Å². The molecule has 1 unspecified atom stereocenters. The van der Waals surface area contributed by atoms with E-state index in [1.54, 1.807) is 0 Å². The summed E-state index contributed by atoms with van der Waals surface area (Å²) in [4.78, 5) is 12.6. The molecule has 1 rings (SSSR count). The van der Waals surface area contributed by atoms with Crippen LogP contribution in [0.5, 0.6) is 0 Å². The van der Waals surface area contributed by atoms with Crippen LogP contribution in [0.25, 0.3) is 0 Å². The average molecular weight is 286 g/mol. The van der Waals surface area contributed by atoms with Crippen LogP contribution >= 0.6 is 15.9 Å². The Labute approximate surface area is 104 Å². The van der Waals surface area contributed by atoms with Crippen LogP contribution in [0, 0.1) is 6.92 Å². The van der Waals surface area contributed by atoms with Crippen LogP contribution in [-0.4, -0.2) is 24.2 Å². The molecule has 0 fully saturated rings. The summed E-state index contributed by atoms with van der Waals surface area (Å²) in [5.41, 5.74) is 2.18. The molecule has 16 heavy (non-hydrogen) atoms. The van der Waals surface area contributed by atoms with Gasteiger partial charge in [0.15, 0.2) is 0 Å². The van der Waals surface area contributed by atoms with Crippen LogP contribution < -0.4 is 4.90 Å². The highest BCUT2D eigenvalue weighted by Crippen LogP contribution is 2.23. The molecule has 3 nitrogen and oxygen atoms in total. The smallest absolute Gasteiger partial charge is 0.305 e. The van der Waals surface area contributed by atoms with Crippen molar-refractivity contribution >= 4 is 27.6 Å². The predicted octanol–water partition coefficient (Wildman–Crippen LogP) is 3.06. The molecule has 0 heterocycles. The van der Waals surface area contributed by atoms with Gasteiger partial charge in [-0.1, -0.05) is 15.9 Å². The fourth-order valence-electron chi connectivity index (χ4n) is 1.49. The van der Waals surface area contributed by atoms with E-state index in [0.29, 0.717) is 0 Å². The summed E-state index contributed by atoms with van der Waals surface area (Å²) in [7, 11) is 1.91. The van der Waals surface area contributed by atoms with Crippen LogP contribution in [0.2, 0.25) is 0 Å². The Bertz CT molecular complexity index is 393. The maximum Gasteiger partial charge on any atom is 0.305 e. The van der Waals surface area contributed by atoms with Crippen molar-refractivity contribution in [2.24, 2.45) is 0 Å². The van der Waals surface area contributed by atoms with Crippen molar-refractivity contribution in [1.82, 2.24) is 0 Å². The Morgan fingerprint density at radius 3 is 2.69 bits per heavy atom. The third-order valence-electron chi connectivity index (χ3n) is 2.68. The van der Waals surface area contributed by atoms with Gasteiger partial charge < -0.3 is 10.0 Å². The molecule has 1 aromatic rings. The molecule has 0 aromatic heterocycles. The molecule has 4 heteroatoms. The van der Waals surface area contributed by atoms with Gasteiger partial charge in [-0.25, -0.2) is 0 Å². The molecule has 0 aliphatic carbocycles. The van der Waals surface area contributed by atoms with Gasteiger partial charge in [-0.3, -0.25) is 4.79 Å². The number of nitrogens with zero attached hydrogens (tertiary/aromatic N) is 1. The maximum atomic E-state index is 10.6.